The van der Waals surface area contributed by atoms with Crippen molar-refractivity contribution in [2.24, 2.45) is 0 Å². The van der Waals surface area contributed by atoms with E-state index in [1.807, 2.05) is 36.5 Å². The number of aromatic nitrogens is 1. The van der Waals surface area contributed by atoms with Crippen molar-refractivity contribution in [3.63, 3.8) is 0 Å². The Morgan fingerprint density at radius 2 is 2.10 bits per heavy atom. The van der Waals surface area contributed by atoms with Crippen LogP contribution in [0.15, 0.2) is 59.3 Å². The van der Waals surface area contributed by atoms with E-state index >= 15 is 0 Å². The molecule has 2 heterocycles. The molecule has 0 amide bonds. The highest BCUT2D eigenvalue weighted by molar-refractivity contribution is 5.81. The molecule has 1 N–H and O–H groups in total. The highest BCUT2D eigenvalue weighted by atomic mass is 16.3. The van der Waals surface area contributed by atoms with Gasteiger partial charge in [0.1, 0.15) is 5.76 Å². The fourth-order valence-electron chi connectivity index (χ4n) is 2.32. The maximum Gasteiger partial charge on any atom is 0.103 e. The molecule has 0 fully saturated rings. The minimum atomic E-state index is 0.378. The van der Waals surface area contributed by atoms with Crippen LogP contribution in [0.4, 0.5) is 5.69 Å². The van der Waals surface area contributed by atoms with Crippen LogP contribution in [0.3, 0.4) is 0 Å². The van der Waals surface area contributed by atoms with E-state index in [-0.39, 0.29) is 0 Å². The van der Waals surface area contributed by atoms with Crippen molar-refractivity contribution in [3.05, 3.63) is 60.7 Å². The van der Waals surface area contributed by atoms with Gasteiger partial charge < -0.3 is 9.73 Å². The molecule has 3 heteroatoms. The fraction of sp³-hybridized carbons (Fsp3) is 0.235. The molecule has 3 nitrogen and oxygen atoms in total. The molecule has 1 atom stereocenters. The molecule has 0 saturated carbocycles. The van der Waals surface area contributed by atoms with E-state index in [2.05, 4.69) is 29.4 Å². The number of nitrogens with zero attached hydrogens (tertiary/aromatic N) is 1. The summed E-state index contributed by atoms with van der Waals surface area (Å²) in [5.41, 5.74) is 2.09. The minimum Gasteiger partial charge on any atom is -0.469 e. The normalized spacial score (nSPS) is 12.4. The topological polar surface area (TPSA) is 38.1 Å². The van der Waals surface area contributed by atoms with Crippen molar-refractivity contribution in [2.75, 3.05) is 5.32 Å². The van der Waals surface area contributed by atoms with Gasteiger partial charge in [-0.2, -0.15) is 0 Å². The van der Waals surface area contributed by atoms with Crippen molar-refractivity contribution >= 4 is 16.6 Å². The molecule has 102 valence electrons. The van der Waals surface area contributed by atoms with Gasteiger partial charge in [0.2, 0.25) is 0 Å². The van der Waals surface area contributed by atoms with E-state index < -0.39 is 0 Å². The summed E-state index contributed by atoms with van der Waals surface area (Å²) in [7, 11) is 0. The zero-order valence-electron chi connectivity index (χ0n) is 11.5. The molecular formula is C17H18N2O. The lowest BCUT2D eigenvalue weighted by atomic mass is 10.1. The van der Waals surface area contributed by atoms with Crippen molar-refractivity contribution in [2.45, 2.75) is 25.8 Å². The molecule has 1 unspecified atom stereocenters. The van der Waals surface area contributed by atoms with Gasteiger partial charge in [-0.25, -0.2) is 0 Å². The minimum absolute atomic E-state index is 0.378. The molecule has 0 aliphatic carbocycles. The Balaban J connectivity index is 1.63. The second-order valence-electron chi connectivity index (χ2n) is 5.08. The van der Waals surface area contributed by atoms with Crippen LogP contribution in [0.25, 0.3) is 10.9 Å². The number of pyridine rings is 1. The molecule has 0 radical (unpaired) electrons. The molecule has 0 bridgehead atoms. The molecule has 1 aromatic carbocycles. The summed E-state index contributed by atoms with van der Waals surface area (Å²) < 4.78 is 5.35. The van der Waals surface area contributed by atoms with Crippen LogP contribution in [0.2, 0.25) is 0 Å². The van der Waals surface area contributed by atoms with Gasteiger partial charge in [0.25, 0.3) is 0 Å². The SMILES string of the molecule is CC(CCc1ccco1)Nc1cnc2ccccc2c1. The molecule has 3 aromatic rings. The number of hydrogen-bond acceptors (Lipinski definition) is 3. The van der Waals surface area contributed by atoms with Crippen LogP contribution in [-0.2, 0) is 6.42 Å². The van der Waals surface area contributed by atoms with Crippen LogP contribution in [-0.4, -0.2) is 11.0 Å². The number of fused-ring (bicyclic) bond motifs is 1. The van der Waals surface area contributed by atoms with Gasteiger partial charge in [-0.3, -0.25) is 4.98 Å². The number of aryl methyl sites for hydroxylation is 1. The Labute approximate surface area is 118 Å². The third-order valence-corrected chi connectivity index (χ3v) is 3.41. The van der Waals surface area contributed by atoms with Crippen molar-refractivity contribution in [1.82, 2.24) is 4.98 Å². The molecule has 20 heavy (non-hydrogen) atoms. The summed E-state index contributed by atoms with van der Waals surface area (Å²) >= 11 is 0. The van der Waals surface area contributed by atoms with E-state index in [1.165, 1.54) is 0 Å². The van der Waals surface area contributed by atoms with E-state index in [0.29, 0.717) is 6.04 Å². The predicted octanol–water partition coefficient (Wildman–Crippen LogP) is 4.26. The first-order chi connectivity index (χ1) is 9.81. The number of para-hydroxylation sites is 1. The first kappa shape index (κ1) is 12.7. The third kappa shape index (κ3) is 2.99. The molecule has 0 aliphatic heterocycles. The number of anilines is 1. The summed E-state index contributed by atoms with van der Waals surface area (Å²) in [6, 6.07) is 14.6. The Hall–Kier alpha value is -2.29. The second kappa shape index (κ2) is 5.78. The van der Waals surface area contributed by atoms with E-state index in [4.69, 9.17) is 4.42 Å². The highest BCUT2D eigenvalue weighted by Crippen LogP contribution is 2.17. The maximum absolute atomic E-state index is 5.35. The Bertz CT molecular complexity index is 676. The molecular weight excluding hydrogens is 248 g/mol. The van der Waals surface area contributed by atoms with Gasteiger partial charge in [0.05, 0.1) is 23.7 Å². The molecule has 0 aliphatic rings. The zero-order valence-corrected chi connectivity index (χ0v) is 11.5. The standard InChI is InChI=1S/C17H18N2O/c1-13(8-9-16-6-4-10-20-16)19-15-11-14-5-2-3-7-17(14)18-12-15/h2-7,10-13,19H,8-9H2,1H3. The monoisotopic (exact) mass is 266 g/mol. The lowest BCUT2D eigenvalue weighted by Crippen LogP contribution is -2.16. The van der Waals surface area contributed by atoms with Crippen LogP contribution in [0.5, 0.6) is 0 Å². The lowest BCUT2D eigenvalue weighted by molar-refractivity contribution is 0.495. The van der Waals surface area contributed by atoms with Gasteiger partial charge in [-0.05, 0) is 37.6 Å². The lowest BCUT2D eigenvalue weighted by Gasteiger charge is -2.14. The average molecular weight is 266 g/mol. The average Bonchev–Trinajstić information content (AvgIpc) is 2.98. The summed E-state index contributed by atoms with van der Waals surface area (Å²) in [5.74, 6) is 1.04. The van der Waals surface area contributed by atoms with Crippen molar-refractivity contribution < 1.29 is 4.42 Å². The van der Waals surface area contributed by atoms with E-state index in [1.54, 1.807) is 6.26 Å². The predicted molar refractivity (Wildman–Crippen MR) is 81.9 cm³/mol. The van der Waals surface area contributed by atoms with Crippen molar-refractivity contribution in [3.8, 4) is 0 Å². The van der Waals surface area contributed by atoms with Gasteiger partial charge in [0, 0.05) is 17.8 Å². The zero-order chi connectivity index (χ0) is 13.8. The summed E-state index contributed by atoms with van der Waals surface area (Å²) in [6.45, 7) is 2.18. The van der Waals surface area contributed by atoms with Crippen LogP contribution < -0.4 is 5.32 Å². The van der Waals surface area contributed by atoms with Crippen molar-refractivity contribution in [1.29, 1.82) is 0 Å². The van der Waals surface area contributed by atoms with E-state index in [0.717, 1.165) is 35.2 Å². The largest absolute Gasteiger partial charge is 0.469 e. The number of rotatable bonds is 5. The van der Waals surface area contributed by atoms with Gasteiger partial charge in [-0.1, -0.05) is 18.2 Å². The first-order valence-electron chi connectivity index (χ1n) is 6.95. The van der Waals surface area contributed by atoms with Gasteiger partial charge >= 0.3 is 0 Å². The second-order valence-corrected chi connectivity index (χ2v) is 5.08. The number of benzene rings is 1. The first-order valence-corrected chi connectivity index (χ1v) is 6.95. The highest BCUT2D eigenvalue weighted by Gasteiger charge is 2.05. The third-order valence-electron chi connectivity index (χ3n) is 3.41. The van der Waals surface area contributed by atoms with Crippen LogP contribution >= 0.6 is 0 Å². The Kier molecular flexibility index (Phi) is 3.68. The smallest absolute Gasteiger partial charge is 0.103 e. The molecule has 3 rings (SSSR count). The number of hydrogen-bond donors (Lipinski definition) is 1. The molecule has 0 spiro atoms. The quantitative estimate of drug-likeness (QED) is 0.749. The maximum atomic E-state index is 5.35. The number of furan rings is 1. The Morgan fingerprint density at radius 1 is 1.20 bits per heavy atom. The van der Waals surface area contributed by atoms with Gasteiger partial charge in [0.15, 0.2) is 0 Å². The summed E-state index contributed by atoms with van der Waals surface area (Å²) in [6.07, 6.45) is 5.59. The van der Waals surface area contributed by atoms with Gasteiger partial charge in [-0.15, -0.1) is 0 Å². The van der Waals surface area contributed by atoms with Crippen LogP contribution in [0.1, 0.15) is 19.1 Å². The summed E-state index contributed by atoms with van der Waals surface area (Å²) in [4.78, 5) is 4.46. The van der Waals surface area contributed by atoms with E-state index in [9.17, 15) is 0 Å². The molecule has 0 saturated heterocycles. The Morgan fingerprint density at radius 3 is 2.95 bits per heavy atom. The fourth-order valence-corrected chi connectivity index (χ4v) is 2.32. The molecule has 2 aromatic heterocycles. The number of nitrogens with one attached hydrogen (secondary N) is 1. The van der Waals surface area contributed by atoms with Crippen LogP contribution in [0, 0.1) is 0 Å². The summed E-state index contributed by atoms with van der Waals surface area (Å²) in [5, 5.41) is 4.65.